The summed E-state index contributed by atoms with van der Waals surface area (Å²) in [6.07, 6.45) is 0.331. The first-order chi connectivity index (χ1) is 21.6. The molecule has 1 fully saturated rings. The van der Waals surface area contributed by atoms with Gasteiger partial charge >= 0.3 is 6.18 Å². The molecular weight excluding hydrogens is 603 g/mol. The van der Waals surface area contributed by atoms with Gasteiger partial charge in [0.1, 0.15) is 29.7 Å². The highest BCUT2D eigenvalue weighted by atomic mass is 19.4. The van der Waals surface area contributed by atoms with E-state index in [9.17, 15) is 31.5 Å². The molecule has 7 rings (SSSR count). The number of halogens is 5. The standard InChI is InChI=1S/C15H13FN4O2.C14H10F4N4O/c16-12-3-1-2-10(6-12)7-19-4-5-20-13(11-8-22-9-11)17-18-14(20)15(19)21;15-10-3-1-2-9(6-10)8-21-4-5-22-11(7-14(16,17)18)19-20-12(22)13(21)23/h1-6,11H,7-9H2;1-6H,7-8H2. The maximum atomic E-state index is 13.2. The van der Waals surface area contributed by atoms with Crippen LogP contribution in [0.3, 0.4) is 0 Å². The molecule has 11 nitrogen and oxygen atoms in total. The van der Waals surface area contributed by atoms with Gasteiger partial charge in [-0.1, -0.05) is 24.3 Å². The predicted octanol–water partition coefficient (Wildman–Crippen LogP) is 3.38. The molecule has 16 heteroatoms. The molecule has 0 N–H and O–H groups in total. The number of hydrogen-bond acceptors (Lipinski definition) is 7. The lowest BCUT2D eigenvalue weighted by Crippen LogP contribution is -2.28. The molecule has 232 valence electrons. The third-order valence-corrected chi connectivity index (χ3v) is 7.03. The summed E-state index contributed by atoms with van der Waals surface area (Å²) in [5.74, 6) is -0.180. The minimum absolute atomic E-state index is 0.0779. The molecule has 0 amide bonds. The zero-order valence-electron chi connectivity index (χ0n) is 23.2. The first-order valence-electron chi connectivity index (χ1n) is 13.6. The van der Waals surface area contributed by atoms with Crippen molar-refractivity contribution in [3.8, 4) is 0 Å². The van der Waals surface area contributed by atoms with E-state index in [-0.39, 0.29) is 41.0 Å². The second-order valence-electron chi connectivity index (χ2n) is 10.3. The highest BCUT2D eigenvalue weighted by molar-refractivity contribution is 5.36. The number of nitrogens with zero attached hydrogens (tertiary/aromatic N) is 8. The number of fused-ring (bicyclic) bond motifs is 2. The van der Waals surface area contributed by atoms with Crippen LogP contribution in [-0.4, -0.2) is 57.7 Å². The number of alkyl halides is 3. The lowest BCUT2D eigenvalue weighted by Gasteiger charge is -2.23. The molecule has 0 atom stereocenters. The van der Waals surface area contributed by atoms with E-state index in [1.807, 2.05) is 0 Å². The van der Waals surface area contributed by atoms with Gasteiger partial charge in [-0.15, -0.1) is 20.4 Å². The molecule has 1 saturated heterocycles. The largest absolute Gasteiger partial charge is 0.396 e. The molecule has 5 heterocycles. The average Bonchev–Trinajstić information content (AvgIpc) is 3.56. The molecule has 0 saturated carbocycles. The van der Waals surface area contributed by atoms with Gasteiger partial charge in [0.2, 0.25) is 11.3 Å². The van der Waals surface area contributed by atoms with Crippen molar-refractivity contribution in [3.05, 3.63) is 128 Å². The van der Waals surface area contributed by atoms with Crippen molar-refractivity contribution in [1.29, 1.82) is 0 Å². The van der Waals surface area contributed by atoms with Gasteiger partial charge in [-0.05, 0) is 35.4 Å². The van der Waals surface area contributed by atoms with Gasteiger partial charge in [-0.2, -0.15) is 13.2 Å². The molecular formula is C29H23F5N8O3. The fraction of sp³-hybridized carbons (Fsp3) is 0.241. The molecule has 4 aromatic heterocycles. The first-order valence-corrected chi connectivity index (χ1v) is 13.6. The van der Waals surface area contributed by atoms with Gasteiger partial charge in [-0.25, -0.2) is 8.78 Å². The van der Waals surface area contributed by atoms with E-state index in [1.165, 1.54) is 51.9 Å². The van der Waals surface area contributed by atoms with E-state index in [4.69, 9.17) is 4.74 Å². The second-order valence-corrected chi connectivity index (χ2v) is 10.3. The minimum Gasteiger partial charge on any atom is -0.380 e. The monoisotopic (exact) mass is 626 g/mol. The Morgan fingerprint density at radius 2 is 1.27 bits per heavy atom. The zero-order valence-corrected chi connectivity index (χ0v) is 23.2. The first kappa shape index (κ1) is 29.8. The summed E-state index contributed by atoms with van der Waals surface area (Å²) < 4.78 is 74.4. The molecule has 0 spiro atoms. The number of rotatable bonds is 6. The molecule has 45 heavy (non-hydrogen) atoms. The van der Waals surface area contributed by atoms with Crippen LogP contribution >= 0.6 is 0 Å². The fourth-order valence-corrected chi connectivity index (χ4v) is 4.78. The minimum atomic E-state index is -4.45. The van der Waals surface area contributed by atoms with E-state index in [0.29, 0.717) is 25.3 Å². The third-order valence-electron chi connectivity index (χ3n) is 7.03. The van der Waals surface area contributed by atoms with E-state index in [0.717, 1.165) is 15.8 Å². The normalized spacial score (nSPS) is 13.5. The van der Waals surface area contributed by atoms with Gasteiger partial charge in [0.05, 0.1) is 32.2 Å². The van der Waals surface area contributed by atoms with Crippen LogP contribution in [0.25, 0.3) is 11.3 Å². The summed E-state index contributed by atoms with van der Waals surface area (Å²) >= 11 is 0. The summed E-state index contributed by atoms with van der Waals surface area (Å²) in [5.41, 5.74) is 0.498. The molecule has 6 aromatic rings. The number of aromatic nitrogens is 8. The molecule has 0 unspecified atom stereocenters. The Hall–Kier alpha value is -5.25. The van der Waals surface area contributed by atoms with Crippen LogP contribution in [0.1, 0.15) is 28.7 Å². The van der Waals surface area contributed by atoms with Crippen LogP contribution in [0.5, 0.6) is 0 Å². The maximum absolute atomic E-state index is 13.2. The molecule has 1 aliphatic rings. The van der Waals surface area contributed by atoms with Crippen molar-refractivity contribution in [2.45, 2.75) is 31.6 Å². The van der Waals surface area contributed by atoms with Crippen molar-refractivity contribution < 1.29 is 26.7 Å². The Kier molecular flexibility index (Phi) is 7.97. The van der Waals surface area contributed by atoms with Crippen LogP contribution in [0.2, 0.25) is 0 Å². The molecule has 2 aromatic carbocycles. The van der Waals surface area contributed by atoms with Gasteiger partial charge in [-0.3, -0.25) is 18.4 Å². The maximum Gasteiger partial charge on any atom is 0.396 e. The SMILES string of the molecule is O=c1c2nnc(C3COC3)n2ccn1Cc1cccc(F)c1.O=c1c2nnc(CC(F)(F)F)n2ccn1Cc1cccc(F)c1. The van der Waals surface area contributed by atoms with Crippen LogP contribution in [0.4, 0.5) is 22.0 Å². The third kappa shape index (κ3) is 6.50. The number of ether oxygens (including phenoxy) is 1. The van der Waals surface area contributed by atoms with Gasteiger partial charge in [0, 0.05) is 24.8 Å². The van der Waals surface area contributed by atoms with Crippen molar-refractivity contribution in [2.75, 3.05) is 13.2 Å². The van der Waals surface area contributed by atoms with E-state index >= 15 is 0 Å². The van der Waals surface area contributed by atoms with Crippen LogP contribution in [0, 0.1) is 11.6 Å². The summed E-state index contributed by atoms with van der Waals surface area (Å²) in [6, 6.07) is 11.9. The van der Waals surface area contributed by atoms with Crippen LogP contribution in [0.15, 0.2) is 82.9 Å². The summed E-state index contributed by atoms with van der Waals surface area (Å²) in [4.78, 5) is 24.7. The van der Waals surface area contributed by atoms with Crippen molar-refractivity contribution in [3.63, 3.8) is 0 Å². The van der Waals surface area contributed by atoms with E-state index in [1.54, 1.807) is 35.0 Å². The second kappa shape index (κ2) is 12.0. The zero-order chi connectivity index (χ0) is 31.7. The van der Waals surface area contributed by atoms with Crippen molar-refractivity contribution in [2.24, 2.45) is 0 Å². The molecule has 0 aliphatic carbocycles. The van der Waals surface area contributed by atoms with Crippen LogP contribution < -0.4 is 11.1 Å². The number of hydrogen-bond donors (Lipinski definition) is 0. The van der Waals surface area contributed by atoms with Gasteiger partial charge < -0.3 is 13.9 Å². The Morgan fingerprint density at radius 1 is 0.733 bits per heavy atom. The van der Waals surface area contributed by atoms with Crippen LogP contribution in [-0.2, 0) is 24.2 Å². The lowest BCUT2D eigenvalue weighted by atomic mass is 10.1. The molecule has 1 aliphatic heterocycles. The summed E-state index contributed by atoms with van der Waals surface area (Å²) in [5, 5.41) is 15.0. The predicted molar refractivity (Wildman–Crippen MR) is 149 cm³/mol. The Bertz CT molecular complexity index is 2110. The highest BCUT2D eigenvalue weighted by Gasteiger charge is 2.31. The lowest BCUT2D eigenvalue weighted by molar-refractivity contribution is -0.128. The topological polar surface area (TPSA) is 114 Å². The fourth-order valence-electron chi connectivity index (χ4n) is 4.78. The van der Waals surface area contributed by atoms with E-state index in [2.05, 4.69) is 20.4 Å². The average molecular weight is 627 g/mol. The van der Waals surface area contributed by atoms with Crippen molar-refractivity contribution in [1.82, 2.24) is 38.3 Å². The smallest absolute Gasteiger partial charge is 0.380 e. The Morgan fingerprint density at radius 3 is 1.78 bits per heavy atom. The van der Waals surface area contributed by atoms with E-state index < -0.39 is 24.0 Å². The highest BCUT2D eigenvalue weighted by Crippen LogP contribution is 2.22. The van der Waals surface area contributed by atoms with Crippen molar-refractivity contribution >= 4 is 11.3 Å². The van der Waals surface area contributed by atoms with Gasteiger partial charge in [0.15, 0.2) is 0 Å². The summed E-state index contributed by atoms with van der Waals surface area (Å²) in [7, 11) is 0. The summed E-state index contributed by atoms with van der Waals surface area (Å²) in [6.45, 7) is 1.58. The Balaban J connectivity index is 0.000000159. The molecule has 0 radical (unpaired) electrons. The quantitative estimate of drug-likeness (QED) is 0.261. The number of benzene rings is 2. The molecule has 0 bridgehead atoms. The Labute approximate surface area is 249 Å². The van der Waals surface area contributed by atoms with Gasteiger partial charge in [0.25, 0.3) is 11.1 Å².